The summed E-state index contributed by atoms with van der Waals surface area (Å²) in [6.45, 7) is 4.66. The van der Waals surface area contributed by atoms with E-state index >= 15 is 0 Å². The Morgan fingerprint density at radius 2 is 1.97 bits per heavy atom. The lowest BCUT2D eigenvalue weighted by Gasteiger charge is -2.27. The number of anilines is 4. The summed E-state index contributed by atoms with van der Waals surface area (Å²) in [5, 5.41) is 8.15. The molecule has 0 saturated carbocycles. The maximum Gasteiger partial charge on any atom is 0.227 e. The quantitative estimate of drug-likeness (QED) is 0.472. The number of fused-ring (bicyclic) bond motifs is 1. The molecule has 1 fully saturated rings. The molecular weight excluding hydrogens is 424 g/mol. The van der Waals surface area contributed by atoms with Gasteiger partial charge in [-0.15, -0.1) is 11.3 Å². The number of amides is 1. The molecule has 3 aromatic heterocycles. The van der Waals surface area contributed by atoms with E-state index in [1.807, 2.05) is 42.6 Å². The molecule has 0 bridgehead atoms. The van der Waals surface area contributed by atoms with Gasteiger partial charge in [0.05, 0.1) is 41.5 Å². The lowest BCUT2D eigenvalue weighted by atomic mass is 10.1. The minimum Gasteiger partial charge on any atom is -0.378 e. The van der Waals surface area contributed by atoms with E-state index in [-0.39, 0.29) is 5.91 Å². The van der Waals surface area contributed by atoms with Crippen molar-refractivity contribution in [2.75, 3.05) is 41.8 Å². The van der Waals surface area contributed by atoms with Crippen molar-refractivity contribution in [2.24, 2.45) is 0 Å². The fourth-order valence-corrected chi connectivity index (χ4v) is 4.50. The Bertz CT molecular complexity index is 1250. The molecule has 1 saturated heterocycles. The van der Waals surface area contributed by atoms with Crippen LogP contribution >= 0.6 is 11.3 Å². The molecule has 0 spiro atoms. The molecule has 32 heavy (non-hydrogen) atoms. The molecule has 1 aromatic carbocycles. The van der Waals surface area contributed by atoms with Crippen molar-refractivity contribution in [3.05, 3.63) is 54.2 Å². The average molecular weight is 447 g/mol. The van der Waals surface area contributed by atoms with Gasteiger partial charge in [-0.25, -0.2) is 15.0 Å². The van der Waals surface area contributed by atoms with E-state index in [1.165, 1.54) is 6.92 Å². The Balaban J connectivity index is 1.38. The third-order valence-corrected chi connectivity index (χ3v) is 6.05. The molecule has 0 atom stereocenters. The molecule has 8 nitrogen and oxygen atoms in total. The van der Waals surface area contributed by atoms with Gasteiger partial charge in [-0.05, 0) is 29.8 Å². The smallest absolute Gasteiger partial charge is 0.227 e. The van der Waals surface area contributed by atoms with Crippen LogP contribution in [-0.4, -0.2) is 47.2 Å². The lowest BCUT2D eigenvalue weighted by molar-refractivity contribution is -0.114. The SMILES string of the molecule is CC(=O)Nc1cccc(-c2csc3cnc(Nc4ccc(N5CCOCC5)nc4)nc23)c1. The Hall–Kier alpha value is -3.56. The number of carbonyl (C=O) groups excluding carboxylic acids is 1. The number of carbonyl (C=O) groups is 1. The summed E-state index contributed by atoms with van der Waals surface area (Å²) in [6, 6.07) is 11.7. The zero-order chi connectivity index (χ0) is 21.9. The van der Waals surface area contributed by atoms with Gasteiger partial charge in [0.2, 0.25) is 11.9 Å². The van der Waals surface area contributed by atoms with E-state index in [9.17, 15) is 4.79 Å². The number of aromatic nitrogens is 3. The number of pyridine rings is 1. The second-order valence-corrected chi connectivity index (χ2v) is 8.36. The van der Waals surface area contributed by atoms with Crippen LogP contribution in [0.25, 0.3) is 21.3 Å². The molecule has 9 heteroatoms. The fourth-order valence-electron chi connectivity index (χ4n) is 3.63. The second kappa shape index (κ2) is 8.89. The Kier molecular flexibility index (Phi) is 5.66. The number of hydrogen-bond acceptors (Lipinski definition) is 8. The second-order valence-electron chi connectivity index (χ2n) is 7.45. The first-order valence-electron chi connectivity index (χ1n) is 10.3. The largest absolute Gasteiger partial charge is 0.378 e. The molecule has 1 aliphatic rings. The van der Waals surface area contributed by atoms with Crippen molar-refractivity contribution >= 4 is 50.6 Å². The fraction of sp³-hybridized carbons (Fsp3) is 0.217. The van der Waals surface area contributed by atoms with Crippen molar-refractivity contribution in [1.29, 1.82) is 0 Å². The highest BCUT2D eigenvalue weighted by Crippen LogP contribution is 2.34. The first-order chi connectivity index (χ1) is 15.7. The molecule has 0 aliphatic carbocycles. The van der Waals surface area contributed by atoms with Crippen molar-refractivity contribution in [2.45, 2.75) is 6.92 Å². The molecule has 5 rings (SSSR count). The van der Waals surface area contributed by atoms with E-state index in [1.54, 1.807) is 17.5 Å². The van der Waals surface area contributed by atoms with Crippen LogP contribution in [0.4, 0.5) is 23.1 Å². The summed E-state index contributed by atoms with van der Waals surface area (Å²) in [4.78, 5) is 27.4. The molecule has 1 aliphatic heterocycles. The molecule has 2 N–H and O–H groups in total. The van der Waals surface area contributed by atoms with Gasteiger partial charge in [-0.3, -0.25) is 4.79 Å². The van der Waals surface area contributed by atoms with Crippen LogP contribution in [0.2, 0.25) is 0 Å². The summed E-state index contributed by atoms with van der Waals surface area (Å²) >= 11 is 1.59. The number of benzene rings is 1. The molecule has 4 aromatic rings. The van der Waals surface area contributed by atoms with Gasteiger partial charge >= 0.3 is 0 Å². The number of morpholine rings is 1. The van der Waals surface area contributed by atoms with Crippen molar-refractivity contribution in [3.63, 3.8) is 0 Å². The van der Waals surface area contributed by atoms with E-state index < -0.39 is 0 Å². The van der Waals surface area contributed by atoms with Gasteiger partial charge in [-0.1, -0.05) is 12.1 Å². The molecule has 4 heterocycles. The van der Waals surface area contributed by atoms with Crippen LogP contribution in [0.3, 0.4) is 0 Å². The summed E-state index contributed by atoms with van der Waals surface area (Å²) in [6.07, 6.45) is 3.62. The third-order valence-electron chi connectivity index (χ3n) is 5.15. The monoisotopic (exact) mass is 446 g/mol. The minimum atomic E-state index is -0.0978. The number of rotatable bonds is 5. The van der Waals surface area contributed by atoms with E-state index in [2.05, 4.69) is 30.9 Å². The molecule has 1 amide bonds. The third kappa shape index (κ3) is 4.39. The maximum atomic E-state index is 11.4. The standard InChI is InChI=1S/C23H22N6O2S/c1-15(30)26-17-4-2-3-16(11-17)19-14-32-20-13-25-23(28-22(19)20)27-18-5-6-21(24-12-18)29-7-9-31-10-8-29/h2-6,11-14H,7-10H2,1H3,(H,26,30)(H,25,27,28). The van der Waals surface area contributed by atoms with E-state index in [4.69, 9.17) is 9.72 Å². The minimum absolute atomic E-state index is 0.0978. The maximum absolute atomic E-state index is 11.4. The highest BCUT2D eigenvalue weighted by atomic mass is 32.1. The zero-order valence-corrected chi connectivity index (χ0v) is 18.4. The highest BCUT2D eigenvalue weighted by Gasteiger charge is 2.13. The number of nitrogens with one attached hydrogen (secondary N) is 2. The van der Waals surface area contributed by atoms with Gasteiger partial charge in [0.15, 0.2) is 0 Å². The lowest BCUT2D eigenvalue weighted by Crippen LogP contribution is -2.36. The van der Waals surface area contributed by atoms with Crippen LogP contribution in [0, 0.1) is 0 Å². The first kappa shape index (κ1) is 20.3. The predicted molar refractivity (Wildman–Crippen MR) is 128 cm³/mol. The van der Waals surface area contributed by atoms with Crippen LogP contribution in [0.5, 0.6) is 0 Å². The summed E-state index contributed by atoms with van der Waals surface area (Å²) in [7, 11) is 0. The van der Waals surface area contributed by atoms with Gasteiger partial charge in [0, 0.05) is 36.6 Å². The predicted octanol–water partition coefficient (Wildman–Crippen LogP) is 4.29. The van der Waals surface area contributed by atoms with Gasteiger partial charge in [0.25, 0.3) is 0 Å². The molecule has 0 radical (unpaired) electrons. The topological polar surface area (TPSA) is 92.3 Å². The van der Waals surface area contributed by atoms with Crippen molar-refractivity contribution < 1.29 is 9.53 Å². The first-order valence-corrected chi connectivity index (χ1v) is 11.2. The van der Waals surface area contributed by atoms with Crippen molar-refractivity contribution in [3.8, 4) is 11.1 Å². The Labute approximate surface area is 189 Å². The average Bonchev–Trinajstić information content (AvgIpc) is 3.23. The molecule has 0 unspecified atom stereocenters. The number of hydrogen-bond donors (Lipinski definition) is 2. The van der Waals surface area contributed by atoms with Gasteiger partial charge < -0.3 is 20.3 Å². The van der Waals surface area contributed by atoms with Crippen LogP contribution in [0.15, 0.2) is 54.2 Å². The molecule has 162 valence electrons. The normalized spacial score (nSPS) is 13.8. The van der Waals surface area contributed by atoms with Gasteiger partial charge in [-0.2, -0.15) is 0 Å². The zero-order valence-electron chi connectivity index (χ0n) is 17.5. The van der Waals surface area contributed by atoms with Crippen LogP contribution in [0.1, 0.15) is 6.92 Å². The number of nitrogens with zero attached hydrogens (tertiary/aromatic N) is 4. The Morgan fingerprint density at radius 3 is 2.75 bits per heavy atom. The number of ether oxygens (including phenoxy) is 1. The Morgan fingerprint density at radius 1 is 1.09 bits per heavy atom. The summed E-state index contributed by atoms with van der Waals surface area (Å²) < 4.78 is 6.40. The molecular formula is C23H22N6O2S. The number of thiophene rings is 1. The highest BCUT2D eigenvalue weighted by molar-refractivity contribution is 7.17. The summed E-state index contributed by atoms with van der Waals surface area (Å²) in [5.74, 6) is 1.35. The van der Waals surface area contributed by atoms with Crippen LogP contribution in [-0.2, 0) is 9.53 Å². The van der Waals surface area contributed by atoms with E-state index in [0.29, 0.717) is 5.95 Å². The summed E-state index contributed by atoms with van der Waals surface area (Å²) in [5.41, 5.74) is 4.44. The van der Waals surface area contributed by atoms with Crippen molar-refractivity contribution in [1.82, 2.24) is 15.0 Å². The van der Waals surface area contributed by atoms with Crippen LogP contribution < -0.4 is 15.5 Å². The van der Waals surface area contributed by atoms with E-state index in [0.717, 1.165) is 64.8 Å². The van der Waals surface area contributed by atoms with Gasteiger partial charge in [0.1, 0.15) is 5.82 Å².